The normalized spacial score (nSPS) is 10.3. The quantitative estimate of drug-likeness (QED) is 0.868. The van der Waals surface area contributed by atoms with Gasteiger partial charge in [-0.15, -0.1) is 0 Å². The number of carboxylic acid groups (broad SMARTS) is 1. The van der Waals surface area contributed by atoms with Gasteiger partial charge in [0.15, 0.2) is 5.69 Å². The third-order valence-corrected chi connectivity index (χ3v) is 2.68. The molecule has 0 radical (unpaired) electrons. The number of aromatic hydroxyl groups is 1. The first-order valence-electron chi connectivity index (χ1n) is 5.53. The van der Waals surface area contributed by atoms with E-state index in [4.69, 9.17) is 5.11 Å². The zero-order chi connectivity index (χ0) is 13.1. The summed E-state index contributed by atoms with van der Waals surface area (Å²) in [7, 11) is 0. The van der Waals surface area contributed by atoms with Gasteiger partial charge in [0.05, 0.1) is 0 Å². The van der Waals surface area contributed by atoms with Crippen molar-refractivity contribution in [3.05, 3.63) is 58.9 Å². The standard InChI is InChI=1S/C14H13NO3/c1-9-6-11(8-15-13(9)14(17)18)7-10-2-4-12(16)5-3-10/h2-6,8,16H,7H2,1H3,(H,17,18). The number of nitrogens with zero attached hydrogens (tertiary/aromatic N) is 1. The van der Waals surface area contributed by atoms with Crippen LogP contribution in [0.5, 0.6) is 5.75 Å². The zero-order valence-corrected chi connectivity index (χ0v) is 9.92. The number of hydrogen-bond acceptors (Lipinski definition) is 3. The maximum absolute atomic E-state index is 10.8. The van der Waals surface area contributed by atoms with E-state index in [-0.39, 0.29) is 11.4 Å². The van der Waals surface area contributed by atoms with Crippen LogP contribution >= 0.6 is 0 Å². The van der Waals surface area contributed by atoms with Crippen LogP contribution < -0.4 is 0 Å². The lowest BCUT2D eigenvalue weighted by molar-refractivity contribution is 0.0689. The highest BCUT2D eigenvalue weighted by molar-refractivity contribution is 5.86. The summed E-state index contributed by atoms with van der Waals surface area (Å²) < 4.78 is 0. The van der Waals surface area contributed by atoms with Gasteiger partial charge < -0.3 is 10.2 Å². The van der Waals surface area contributed by atoms with E-state index >= 15 is 0 Å². The second-order valence-electron chi connectivity index (χ2n) is 4.16. The number of hydrogen-bond donors (Lipinski definition) is 2. The lowest BCUT2D eigenvalue weighted by atomic mass is 10.0. The first-order valence-corrected chi connectivity index (χ1v) is 5.53. The molecule has 0 aliphatic rings. The van der Waals surface area contributed by atoms with Crippen molar-refractivity contribution in [2.45, 2.75) is 13.3 Å². The molecule has 2 N–H and O–H groups in total. The van der Waals surface area contributed by atoms with Gasteiger partial charge in [0.25, 0.3) is 0 Å². The molecule has 0 fully saturated rings. The summed E-state index contributed by atoms with van der Waals surface area (Å²) in [4.78, 5) is 14.8. The summed E-state index contributed by atoms with van der Waals surface area (Å²) in [5, 5.41) is 18.1. The third kappa shape index (κ3) is 2.66. The molecule has 0 aliphatic carbocycles. The van der Waals surface area contributed by atoms with Crippen LogP contribution in [-0.2, 0) is 6.42 Å². The van der Waals surface area contributed by atoms with Crippen LogP contribution in [0.15, 0.2) is 36.5 Å². The lowest BCUT2D eigenvalue weighted by Gasteiger charge is -2.05. The second kappa shape index (κ2) is 4.87. The van der Waals surface area contributed by atoms with E-state index in [2.05, 4.69) is 4.98 Å². The lowest BCUT2D eigenvalue weighted by Crippen LogP contribution is -2.04. The van der Waals surface area contributed by atoms with E-state index < -0.39 is 5.97 Å². The van der Waals surface area contributed by atoms with Crippen LogP contribution in [0, 0.1) is 6.92 Å². The van der Waals surface area contributed by atoms with Crippen molar-refractivity contribution in [1.29, 1.82) is 0 Å². The predicted octanol–water partition coefficient (Wildman–Crippen LogP) is 2.38. The van der Waals surface area contributed by atoms with E-state index in [1.54, 1.807) is 25.3 Å². The zero-order valence-electron chi connectivity index (χ0n) is 9.92. The molecular weight excluding hydrogens is 230 g/mol. The third-order valence-electron chi connectivity index (χ3n) is 2.68. The molecule has 0 bridgehead atoms. The first-order chi connectivity index (χ1) is 8.56. The monoisotopic (exact) mass is 243 g/mol. The van der Waals surface area contributed by atoms with Gasteiger partial charge in [-0.3, -0.25) is 0 Å². The minimum absolute atomic E-state index is 0.0875. The van der Waals surface area contributed by atoms with E-state index in [9.17, 15) is 9.90 Å². The smallest absolute Gasteiger partial charge is 0.354 e. The first kappa shape index (κ1) is 12.1. The molecule has 0 unspecified atom stereocenters. The fourth-order valence-electron chi connectivity index (χ4n) is 1.80. The molecule has 0 saturated heterocycles. The molecule has 1 aromatic heterocycles. The number of carbonyl (C=O) groups is 1. The molecule has 2 aromatic rings. The highest BCUT2D eigenvalue weighted by Crippen LogP contribution is 2.15. The Labute approximate surface area is 105 Å². The highest BCUT2D eigenvalue weighted by Gasteiger charge is 2.09. The fourth-order valence-corrected chi connectivity index (χ4v) is 1.80. The van der Waals surface area contributed by atoms with Crippen molar-refractivity contribution >= 4 is 5.97 Å². The molecule has 0 saturated carbocycles. The Morgan fingerprint density at radius 1 is 1.22 bits per heavy atom. The average molecular weight is 243 g/mol. The van der Waals surface area contributed by atoms with Crippen molar-refractivity contribution in [3.8, 4) is 5.75 Å². The summed E-state index contributed by atoms with van der Waals surface area (Å²) in [5.41, 5.74) is 2.73. The average Bonchev–Trinajstić information content (AvgIpc) is 2.32. The van der Waals surface area contributed by atoms with Crippen LogP contribution in [0.25, 0.3) is 0 Å². The molecule has 4 heteroatoms. The van der Waals surface area contributed by atoms with Crippen molar-refractivity contribution < 1.29 is 15.0 Å². The Kier molecular flexibility index (Phi) is 3.28. The number of aromatic carboxylic acids is 1. The molecule has 92 valence electrons. The Morgan fingerprint density at radius 2 is 1.89 bits per heavy atom. The van der Waals surface area contributed by atoms with Crippen LogP contribution in [0.4, 0.5) is 0 Å². The summed E-state index contributed by atoms with van der Waals surface area (Å²) in [5.74, 6) is -0.780. The number of carboxylic acids is 1. The summed E-state index contributed by atoms with van der Waals surface area (Å²) >= 11 is 0. The molecule has 0 amide bonds. The minimum Gasteiger partial charge on any atom is -0.508 e. The van der Waals surface area contributed by atoms with Crippen LogP contribution in [0.3, 0.4) is 0 Å². The van der Waals surface area contributed by atoms with Gasteiger partial charge in [0.2, 0.25) is 0 Å². The van der Waals surface area contributed by atoms with Crippen molar-refractivity contribution in [2.24, 2.45) is 0 Å². The number of aryl methyl sites for hydroxylation is 1. The van der Waals surface area contributed by atoms with Gasteiger partial charge in [-0.1, -0.05) is 18.2 Å². The van der Waals surface area contributed by atoms with Crippen molar-refractivity contribution in [2.75, 3.05) is 0 Å². The maximum Gasteiger partial charge on any atom is 0.354 e. The van der Waals surface area contributed by atoms with E-state index in [0.717, 1.165) is 11.1 Å². The number of phenols is 1. The van der Waals surface area contributed by atoms with Gasteiger partial charge in [-0.05, 0) is 42.2 Å². The Hall–Kier alpha value is -2.36. The summed E-state index contributed by atoms with van der Waals surface area (Å²) in [6, 6.07) is 8.73. The number of rotatable bonds is 3. The van der Waals surface area contributed by atoms with Gasteiger partial charge in [0, 0.05) is 6.20 Å². The molecule has 0 atom stereocenters. The summed E-state index contributed by atoms with van der Waals surface area (Å²) in [6.45, 7) is 1.73. The fraction of sp³-hybridized carbons (Fsp3) is 0.143. The van der Waals surface area contributed by atoms with Crippen molar-refractivity contribution in [1.82, 2.24) is 4.98 Å². The van der Waals surface area contributed by atoms with E-state index in [1.807, 2.05) is 18.2 Å². The Balaban J connectivity index is 2.22. The van der Waals surface area contributed by atoms with Crippen LogP contribution in [0.1, 0.15) is 27.2 Å². The molecule has 4 nitrogen and oxygen atoms in total. The predicted molar refractivity (Wildman–Crippen MR) is 66.8 cm³/mol. The molecule has 1 heterocycles. The Bertz CT molecular complexity index is 576. The molecule has 0 spiro atoms. The summed E-state index contributed by atoms with van der Waals surface area (Å²) in [6.07, 6.45) is 2.23. The minimum atomic E-state index is -1.01. The number of aromatic nitrogens is 1. The number of pyridine rings is 1. The molecule has 0 aliphatic heterocycles. The number of phenolic OH excluding ortho intramolecular Hbond substituents is 1. The molecule has 2 rings (SSSR count). The van der Waals surface area contributed by atoms with Crippen LogP contribution in [-0.4, -0.2) is 21.2 Å². The topological polar surface area (TPSA) is 70.4 Å². The molecule has 18 heavy (non-hydrogen) atoms. The van der Waals surface area contributed by atoms with E-state index in [1.165, 1.54) is 0 Å². The van der Waals surface area contributed by atoms with Crippen LogP contribution in [0.2, 0.25) is 0 Å². The van der Waals surface area contributed by atoms with Crippen molar-refractivity contribution in [3.63, 3.8) is 0 Å². The molecule has 1 aromatic carbocycles. The second-order valence-corrected chi connectivity index (χ2v) is 4.16. The molecular formula is C14H13NO3. The van der Waals surface area contributed by atoms with Gasteiger partial charge in [-0.25, -0.2) is 9.78 Å². The van der Waals surface area contributed by atoms with Gasteiger partial charge in [0.1, 0.15) is 5.75 Å². The maximum atomic E-state index is 10.8. The Morgan fingerprint density at radius 3 is 2.44 bits per heavy atom. The van der Waals surface area contributed by atoms with Gasteiger partial charge >= 0.3 is 5.97 Å². The SMILES string of the molecule is Cc1cc(Cc2ccc(O)cc2)cnc1C(=O)O. The van der Waals surface area contributed by atoms with E-state index in [0.29, 0.717) is 12.0 Å². The number of benzene rings is 1. The largest absolute Gasteiger partial charge is 0.508 e. The highest BCUT2D eigenvalue weighted by atomic mass is 16.4. The van der Waals surface area contributed by atoms with Gasteiger partial charge in [-0.2, -0.15) is 0 Å².